The Hall–Kier alpha value is -4.48. The third-order valence-corrected chi connectivity index (χ3v) is 23.8. The van der Waals surface area contributed by atoms with Gasteiger partial charge in [0.15, 0.2) is 15.7 Å². The molecule has 21 heteroatoms. The van der Waals surface area contributed by atoms with Crippen LogP contribution in [0.5, 0.6) is 0 Å². The van der Waals surface area contributed by atoms with E-state index in [2.05, 4.69) is 142 Å². The van der Waals surface area contributed by atoms with Gasteiger partial charge in [-0.25, -0.2) is 9.69 Å². The predicted molar refractivity (Wildman–Crippen MR) is 302 cm³/mol. The number of aliphatic hydroxyl groups is 1. The third-order valence-electron chi connectivity index (χ3n) is 12.0. The van der Waals surface area contributed by atoms with E-state index in [1.165, 1.54) is 13.0 Å². The Morgan fingerprint density at radius 2 is 0.958 bits per heavy atom. The molecule has 0 saturated carbocycles. The van der Waals surface area contributed by atoms with Gasteiger partial charge in [-0.15, -0.1) is 0 Å². The van der Waals surface area contributed by atoms with Gasteiger partial charge in [0.1, 0.15) is 12.1 Å². The van der Waals surface area contributed by atoms with Crippen molar-refractivity contribution < 1.29 is 28.7 Å². The Morgan fingerprint density at radius 3 is 1.27 bits per heavy atom. The lowest BCUT2D eigenvalue weighted by molar-refractivity contribution is -0.125. The van der Waals surface area contributed by atoms with Crippen molar-refractivity contribution in [2.24, 2.45) is 0 Å². The number of carbonyl (C=O) groups excluding carboxylic acids is 4. The smallest absolute Gasteiger partial charge is 0.269 e. The van der Waals surface area contributed by atoms with Crippen LogP contribution in [0.4, 0.5) is 22.7 Å². The Labute approximate surface area is 452 Å². The summed E-state index contributed by atoms with van der Waals surface area (Å²) in [6.45, 7) is 42.6. The molecular weight excluding hydrogens is 1130 g/mol. The van der Waals surface area contributed by atoms with Crippen LogP contribution in [0.25, 0.3) is 9.69 Å². The molecule has 0 aliphatic carbocycles. The molecule has 0 saturated heterocycles. The number of carbonyl (C=O) groups is 4. The number of hydrogen-bond acceptors (Lipinski definition) is 8. The summed E-state index contributed by atoms with van der Waals surface area (Å²) in [6.07, 6.45) is -1.59. The summed E-state index contributed by atoms with van der Waals surface area (Å²) in [5.41, 5.74) is 13.3. The first-order chi connectivity index (χ1) is 32.7. The largest absolute Gasteiger partial charge is 0.412 e. The van der Waals surface area contributed by atoms with E-state index in [0.717, 1.165) is 8.95 Å². The molecule has 0 aromatic heterocycles. The Balaban J connectivity index is 0.000000429. The summed E-state index contributed by atoms with van der Waals surface area (Å²) in [5, 5.41) is 17.0. The van der Waals surface area contributed by atoms with Crippen molar-refractivity contribution in [1.29, 1.82) is 0 Å². The molecule has 0 aliphatic rings. The molecule has 14 nitrogen and oxygen atoms in total. The van der Waals surface area contributed by atoms with Crippen LogP contribution in [-0.4, -0.2) is 68.7 Å². The van der Waals surface area contributed by atoms with E-state index in [0.29, 0.717) is 55.1 Å². The number of aliphatic hydroxyl groups excluding tert-OH is 1. The Kier molecular flexibility index (Phi) is 23.8. The molecule has 0 heterocycles. The molecule has 0 spiro atoms. The van der Waals surface area contributed by atoms with Crippen molar-refractivity contribution >= 4 is 128 Å². The molecule has 7 N–H and O–H groups in total. The van der Waals surface area contributed by atoms with Crippen LogP contribution in [0.2, 0.25) is 46.3 Å². The normalized spacial score (nSPS) is 13.1. The molecule has 4 atom stereocenters. The van der Waals surface area contributed by atoms with E-state index < -0.39 is 63.6 Å². The van der Waals surface area contributed by atoms with Gasteiger partial charge in [-0.2, -0.15) is 11.1 Å². The Bertz CT molecular complexity index is 2580. The van der Waals surface area contributed by atoms with Crippen LogP contribution in [0.15, 0.2) is 81.7 Å². The van der Waals surface area contributed by atoms with Crippen LogP contribution in [0.3, 0.4) is 0 Å². The zero-order valence-corrected chi connectivity index (χ0v) is 50.0. The summed E-state index contributed by atoms with van der Waals surface area (Å²) in [6, 6.07) is 17.9. The molecule has 4 amide bonds. The van der Waals surface area contributed by atoms with E-state index in [-0.39, 0.29) is 10.1 Å². The van der Waals surface area contributed by atoms with E-state index in [1.807, 2.05) is 6.92 Å². The number of rotatable bonds is 12. The fourth-order valence-electron chi connectivity index (χ4n) is 5.41. The minimum atomic E-state index is -2.21. The van der Waals surface area contributed by atoms with Crippen LogP contribution in [0.1, 0.15) is 87.2 Å². The lowest BCUT2D eigenvalue weighted by Crippen LogP contribution is -2.55. The molecule has 0 aliphatic heterocycles. The highest BCUT2D eigenvalue weighted by atomic mass is 79.9. The van der Waals surface area contributed by atoms with Crippen molar-refractivity contribution in [3.8, 4) is 0 Å². The highest BCUT2D eigenvalue weighted by Gasteiger charge is 2.41. The van der Waals surface area contributed by atoms with Gasteiger partial charge in [-0.05, 0) is 123 Å². The number of nitrogens with one attached hydrogen (secondary N) is 6. The summed E-state index contributed by atoms with van der Waals surface area (Å²) < 4.78 is 8.16. The molecule has 0 fully saturated rings. The highest BCUT2D eigenvalue weighted by Crippen LogP contribution is 2.40. The minimum Gasteiger partial charge on any atom is -0.412 e. The standard InChI is InChI=1S/C25H32BrClN4O3Si.C19H18BrClN4O3.C6H15ClSi/c1-15-19(13-14-20(28-6)21(15)27)29-22(16(2)34-35(7,8)25(3,4)5)24(33)31-30-23(32)17-9-11-18(26)12-10-17;1-10-14(8-9-15(22-3)16(10)21)23-17(11(2)26)19(28)25-24-18(27)12-4-6-13(20)7-5-12;1-6(2,3)8(4,5)7/h9-14,16,22,29H,1-5,7-8H3,(H,30,32)(H,31,33);4-9,11,17,23,26H,1-2H3,(H,24,27)(H,25,28);1-5H3/t16-,22+;11-,17+;/m00./s1. The summed E-state index contributed by atoms with van der Waals surface area (Å²) in [4.78, 5) is 57.1. The molecular formula is C50H65Br2Cl3N8O6Si2. The second-order valence-corrected chi connectivity index (χ2v) is 34.2. The molecule has 4 rings (SSSR count). The zero-order chi connectivity index (χ0) is 54.4. The fraction of sp³-hybridized carbons (Fsp3) is 0.400. The van der Waals surface area contributed by atoms with E-state index in [4.69, 9.17) is 51.9 Å². The summed E-state index contributed by atoms with van der Waals surface area (Å²) in [7, 11) is -3.60. The molecule has 4 aromatic rings. The average molecular weight is 1200 g/mol. The minimum absolute atomic E-state index is 0.0609. The number of amides is 4. The van der Waals surface area contributed by atoms with Gasteiger partial charge in [-0.3, -0.25) is 40.9 Å². The number of hydrogen-bond donors (Lipinski definition) is 7. The van der Waals surface area contributed by atoms with Gasteiger partial charge in [0.05, 0.1) is 35.4 Å². The number of hydrazine groups is 2. The van der Waals surface area contributed by atoms with E-state index in [9.17, 15) is 24.3 Å². The SMILES string of the molecule is CC(C)(C)[Si](C)(C)Cl.[C-]#[N+]c1ccc(N[C@@H](C(=O)NNC(=O)c2ccc(Br)cc2)[C@H](C)O)c(C)c1Cl.[C-]#[N+]c1ccc(N[C@@H](C(=O)NNC(=O)c2ccc(Br)cc2)[C@H](C)O[Si](C)(C)C(C)(C)C)c(C)c1Cl. The van der Waals surface area contributed by atoms with Gasteiger partial charge >= 0.3 is 0 Å². The highest BCUT2D eigenvalue weighted by molar-refractivity contribution is 9.10. The van der Waals surface area contributed by atoms with Crippen molar-refractivity contribution in [2.45, 2.75) is 130 Å². The van der Waals surface area contributed by atoms with Crippen LogP contribution in [-0.2, 0) is 14.0 Å². The number of nitrogens with zero attached hydrogens (tertiary/aromatic N) is 2. The van der Waals surface area contributed by atoms with Crippen molar-refractivity contribution in [3.63, 3.8) is 0 Å². The Morgan fingerprint density at radius 1 is 0.620 bits per heavy atom. The topological polar surface area (TPSA) is 179 Å². The molecule has 71 heavy (non-hydrogen) atoms. The van der Waals surface area contributed by atoms with Crippen LogP contribution < -0.4 is 32.3 Å². The maximum atomic E-state index is 13.3. The average Bonchev–Trinajstić information content (AvgIpc) is 3.27. The van der Waals surface area contributed by atoms with Crippen LogP contribution >= 0.6 is 66.1 Å². The summed E-state index contributed by atoms with van der Waals surface area (Å²) in [5.74, 6) is -2.04. The lowest BCUT2D eigenvalue weighted by Gasteiger charge is -2.40. The van der Waals surface area contributed by atoms with Gasteiger partial charge in [0, 0.05) is 31.4 Å². The van der Waals surface area contributed by atoms with Gasteiger partial charge in [0.2, 0.25) is 11.4 Å². The number of benzene rings is 4. The predicted octanol–water partition coefficient (Wildman–Crippen LogP) is 13.4. The van der Waals surface area contributed by atoms with Gasteiger partial charge < -0.3 is 20.2 Å². The number of anilines is 2. The monoisotopic (exact) mass is 1190 g/mol. The van der Waals surface area contributed by atoms with Crippen molar-refractivity contribution in [1.82, 2.24) is 21.7 Å². The second kappa shape index (κ2) is 27.0. The quantitative estimate of drug-likeness (QED) is 0.0317. The zero-order valence-electron chi connectivity index (χ0n) is 42.5. The third kappa shape index (κ3) is 18.8. The molecule has 4 aromatic carbocycles. The first-order valence-electron chi connectivity index (χ1n) is 22.3. The molecule has 0 unspecified atom stereocenters. The van der Waals surface area contributed by atoms with Crippen LogP contribution in [0, 0.1) is 27.0 Å². The molecule has 0 bridgehead atoms. The van der Waals surface area contributed by atoms with E-state index in [1.54, 1.807) is 80.6 Å². The first-order valence-corrected chi connectivity index (χ1v) is 31.6. The molecule has 0 radical (unpaired) electrons. The van der Waals surface area contributed by atoms with Gasteiger partial charge in [-0.1, -0.05) is 122 Å². The lowest BCUT2D eigenvalue weighted by atomic mass is 10.1. The van der Waals surface area contributed by atoms with Crippen molar-refractivity contribution in [3.05, 3.63) is 137 Å². The van der Waals surface area contributed by atoms with Gasteiger partial charge in [0.25, 0.3) is 23.6 Å². The summed E-state index contributed by atoms with van der Waals surface area (Å²) >= 11 is 25.3. The fourth-order valence-corrected chi connectivity index (χ4v) is 7.77. The number of halogens is 5. The first kappa shape index (κ1) is 62.6. The second-order valence-electron chi connectivity index (χ2n) is 19.6. The maximum Gasteiger partial charge on any atom is 0.269 e. The van der Waals surface area contributed by atoms with Crippen molar-refractivity contribution in [2.75, 3.05) is 10.6 Å². The van der Waals surface area contributed by atoms with E-state index >= 15 is 0 Å². The molecule has 384 valence electrons. The maximum absolute atomic E-state index is 13.3.